The summed E-state index contributed by atoms with van der Waals surface area (Å²) in [6, 6.07) is 8.12. The number of hydrogen-bond donors (Lipinski definition) is 3. The molecule has 0 radical (unpaired) electrons. The number of carbonyl (C=O) groups excluding carboxylic acids is 2. The number of nitrogens with zero attached hydrogens (tertiary/aromatic N) is 2. The molecule has 1 fully saturated rings. The third-order valence-corrected chi connectivity index (χ3v) is 4.96. The SMILES string of the molecule is CC(C)(C)CC(=O)N1CCC(O)C1.Cc1n[nH]c(C)c1-c1ccc(CNC=O)cc1.[K+].[NH2-]. The van der Waals surface area contributed by atoms with Gasteiger partial charge in [0.15, 0.2) is 0 Å². The Morgan fingerprint density at radius 3 is 2.34 bits per heavy atom. The van der Waals surface area contributed by atoms with E-state index < -0.39 is 0 Å². The van der Waals surface area contributed by atoms with Crippen LogP contribution in [0.2, 0.25) is 0 Å². The molecule has 1 saturated heterocycles. The van der Waals surface area contributed by atoms with Crippen LogP contribution >= 0.6 is 0 Å². The van der Waals surface area contributed by atoms with Crippen molar-refractivity contribution in [3.05, 3.63) is 47.4 Å². The van der Waals surface area contributed by atoms with Gasteiger partial charge in [-0.1, -0.05) is 45.0 Å². The maximum atomic E-state index is 11.6. The number of likely N-dealkylation sites (tertiary alicyclic amines) is 1. The zero-order valence-corrected chi connectivity index (χ0v) is 23.4. The fourth-order valence-electron chi connectivity index (χ4n) is 3.46. The third-order valence-electron chi connectivity index (χ3n) is 4.96. The molecular formula is C23H36KN5O3. The molecule has 2 amide bonds. The molecule has 1 aliphatic heterocycles. The van der Waals surface area contributed by atoms with Gasteiger partial charge in [-0.2, -0.15) is 5.10 Å². The fourth-order valence-corrected chi connectivity index (χ4v) is 3.46. The molecule has 1 aromatic heterocycles. The molecule has 1 aliphatic rings. The van der Waals surface area contributed by atoms with Crippen molar-refractivity contribution >= 4 is 12.3 Å². The Kier molecular flexibility index (Phi) is 13.8. The van der Waals surface area contributed by atoms with E-state index in [1.165, 1.54) is 0 Å². The molecule has 1 atom stereocenters. The van der Waals surface area contributed by atoms with Gasteiger partial charge in [-0.05, 0) is 36.8 Å². The molecule has 0 spiro atoms. The molecule has 8 nitrogen and oxygen atoms in total. The normalized spacial score (nSPS) is 15.1. The number of β-amino-alcohol motifs (C(OH)–C–C–N with tert-alkyl or cyclic N) is 1. The summed E-state index contributed by atoms with van der Waals surface area (Å²) in [6.45, 7) is 12.0. The summed E-state index contributed by atoms with van der Waals surface area (Å²) in [5.74, 6) is 0.170. The quantitative estimate of drug-likeness (QED) is 0.439. The predicted molar refractivity (Wildman–Crippen MR) is 123 cm³/mol. The number of aromatic amines is 1. The fraction of sp³-hybridized carbons (Fsp3) is 0.522. The number of amides is 2. The second-order valence-electron chi connectivity index (χ2n) is 9.02. The average molecular weight is 470 g/mol. The van der Waals surface area contributed by atoms with E-state index in [1.54, 1.807) is 4.90 Å². The second-order valence-corrected chi connectivity index (χ2v) is 9.02. The van der Waals surface area contributed by atoms with Crippen LogP contribution in [0.5, 0.6) is 0 Å². The number of nitrogens with one attached hydrogen (secondary N) is 2. The number of benzene rings is 1. The molecule has 0 bridgehead atoms. The monoisotopic (exact) mass is 469 g/mol. The summed E-state index contributed by atoms with van der Waals surface area (Å²) in [5, 5.41) is 19.1. The zero-order valence-electron chi connectivity index (χ0n) is 20.2. The van der Waals surface area contributed by atoms with Crippen molar-refractivity contribution in [3.8, 4) is 11.1 Å². The molecule has 3 rings (SSSR count). The van der Waals surface area contributed by atoms with Gasteiger partial charge in [0, 0.05) is 37.3 Å². The first-order chi connectivity index (χ1) is 14.1. The molecule has 0 aliphatic carbocycles. The van der Waals surface area contributed by atoms with Crippen molar-refractivity contribution in [3.63, 3.8) is 0 Å². The summed E-state index contributed by atoms with van der Waals surface area (Å²) < 4.78 is 0. The molecule has 9 heteroatoms. The van der Waals surface area contributed by atoms with Crippen molar-refractivity contribution in [2.45, 2.75) is 60.1 Å². The van der Waals surface area contributed by atoms with Gasteiger partial charge in [0.2, 0.25) is 12.3 Å². The van der Waals surface area contributed by atoms with E-state index in [0.717, 1.165) is 41.0 Å². The van der Waals surface area contributed by atoms with Gasteiger partial charge in [-0.3, -0.25) is 14.7 Å². The first-order valence-corrected chi connectivity index (χ1v) is 10.3. The van der Waals surface area contributed by atoms with Gasteiger partial charge in [0.25, 0.3) is 0 Å². The number of rotatable bonds is 5. The minimum atomic E-state index is -0.302. The molecule has 1 aromatic carbocycles. The van der Waals surface area contributed by atoms with Crippen LogP contribution in [0.1, 0.15) is 50.6 Å². The second kappa shape index (κ2) is 14.2. The minimum absolute atomic E-state index is 0. The molecule has 2 aromatic rings. The van der Waals surface area contributed by atoms with E-state index in [4.69, 9.17) is 0 Å². The van der Waals surface area contributed by atoms with E-state index in [9.17, 15) is 14.7 Å². The van der Waals surface area contributed by atoms with Gasteiger partial charge in [0.1, 0.15) is 0 Å². The molecular weight excluding hydrogens is 433 g/mol. The number of nitrogens with two attached hydrogens (primary N) is 1. The Labute approximate surface area is 233 Å². The van der Waals surface area contributed by atoms with Gasteiger partial charge < -0.3 is 21.5 Å². The Morgan fingerprint density at radius 2 is 1.91 bits per heavy atom. The number of aliphatic hydroxyl groups excluding tert-OH is 1. The average Bonchev–Trinajstić information content (AvgIpc) is 3.25. The van der Waals surface area contributed by atoms with Gasteiger partial charge >= 0.3 is 51.4 Å². The van der Waals surface area contributed by atoms with Crippen molar-refractivity contribution in [1.29, 1.82) is 0 Å². The number of aryl methyl sites for hydroxylation is 2. The predicted octanol–water partition coefficient (Wildman–Crippen LogP) is 0.676. The van der Waals surface area contributed by atoms with E-state index in [1.807, 2.05) is 38.1 Å². The standard InChI is InChI=1S/C13H15N3O.C10H19NO2.K.H2N/c1-9-13(10(2)16-15-9)12-5-3-11(4-6-12)7-14-8-17;1-10(2,3)6-9(13)11-5-4-8(12)7-11;;/h3-6,8H,7H2,1-2H3,(H,14,17)(H,15,16);8,12H,4-7H2,1-3H3;;1H2/q;;+1;-1. The molecule has 32 heavy (non-hydrogen) atoms. The number of carbonyl (C=O) groups is 2. The molecule has 0 saturated carbocycles. The van der Waals surface area contributed by atoms with Crippen LogP contribution in [-0.2, 0) is 16.1 Å². The van der Waals surface area contributed by atoms with Gasteiger partial charge in [-0.25, -0.2) is 0 Å². The van der Waals surface area contributed by atoms with E-state index in [-0.39, 0.29) is 75.0 Å². The van der Waals surface area contributed by atoms with Crippen LogP contribution in [0.15, 0.2) is 24.3 Å². The first kappa shape index (κ1) is 30.9. The Bertz CT molecular complexity index is 827. The smallest absolute Gasteiger partial charge is 0.693 e. The van der Waals surface area contributed by atoms with Crippen molar-refractivity contribution in [2.24, 2.45) is 5.41 Å². The summed E-state index contributed by atoms with van der Waals surface area (Å²) >= 11 is 0. The van der Waals surface area contributed by atoms with E-state index in [0.29, 0.717) is 25.9 Å². The number of aliphatic hydroxyl groups is 1. The Morgan fingerprint density at radius 1 is 1.28 bits per heavy atom. The maximum Gasteiger partial charge on any atom is 1.00 e. The maximum absolute atomic E-state index is 11.6. The van der Waals surface area contributed by atoms with Crippen LogP contribution in [0.4, 0.5) is 0 Å². The third kappa shape index (κ3) is 9.82. The topological polar surface area (TPSA) is 132 Å². The van der Waals surface area contributed by atoms with E-state index in [2.05, 4.69) is 36.3 Å². The minimum Gasteiger partial charge on any atom is -0.693 e. The van der Waals surface area contributed by atoms with Gasteiger partial charge in [0.05, 0.1) is 11.8 Å². The van der Waals surface area contributed by atoms with Crippen molar-refractivity contribution in [2.75, 3.05) is 13.1 Å². The summed E-state index contributed by atoms with van der Waals surface area (Å²) in [5.41, 5.74) is 5.50. The van der Waals surface area contributed by atoms with Crippen LogP contribution in [0.25, 0.3) is 17.3 Å². The number of aromatic nitrogens is 2. The molecule has 172 valence electrons. The molecule has 2 heterocycles. The van der Waals surface area contributed by atoms with Crippen molar-refractivity contribution in [1.82, 2.24) is 20.4 Å². The Hall–Kier alpha value is -1.07. The van der Waals surface area contributed by atoms with Crippen LogP contribution in [0, 0.1) is 19.3 Å². The number of H-pyrrole nitrogens is 1. The summed E-state index contributed by atoms with van der Waals surface area (Å²) in [6.07, 6.45) is 1.71. The summed E-state index contributed by atoms with van der Waals surface area (Å²) in [4.78, 5) is 23.6. The molecule has 5 N–H and O–H groups in total. The van der Waals surface area contributed by atoms with Crippen LogP contribution in [0.3, 0.4) is 0 Å². The van der Waals surface area contributed by atoms with Crippen LogP contribution < -0.4 is 56.7 Å². The largest absolute Gasteiger partial charge is 1.00 e. The number of hydrogen-bond acceptors (Lipinski definition) is 4. The summed E-state index contributed by atoms with van der Waals surface area (Å²) in [7, 11) is 0. The van der Waals surface area contributed by atoms with Gasteiger partial charge in [-0.15, -0.1) is 0 Å². The van der Waals surface area contributed by atoms with Crippen molar-refractivity contribution < 1.29 is 66.1 Å². The first-order valence-electron chi connectivity index (χ1n) is 10.3. The zero-order chi connectivity index (χ0) is 22.3. The van der Waals surface area contributed by atoms with Crippen LogP contribution in [-0.4, -0.2) is 51.7 Å². The van der Waals surface area contributed by atoms with E-state index >= 15 is 0 Å². The Balaban J connectivity index is 0.000000584. The molecule has 1 unspecified atom stereocenters.